The molecule has 0 atom stereocenters. The second-order valence-electron chi connectivity index (χ2n) is 5.90. The molecule has 26 heavy (non-hydrogen) atoms. The summed E-state index contributed by atoms with van der Waals surface area (Å²) < 4.78 is 5.92. The van der Waals surface area contributed by atoms with Gasteiger partial charge in [-0.1, -0.05) is 0 Å². The van der Waals surface area contributed by atoms with Crippen LogP contribution in [0, 0.1) is 13.8 Å². The molecule has 0 spiro atoms. The van der Waals surface area contributed by atoms with Crippen molar-refractivity contribution in [2.75, 3.05) is 10.6 Å². The summed E-state index contributed by atoms with van der Waals surface area (Å²) in [5, 5.41) is 5.95. The van der Waals surface area contributed by atoms with Crippen molar-refractivity contribution in [3.05, 3.63) is 66.1 Å². The van der Waals surface area contributed by atoms with Crippen molar-refractivity contribution < 1.29 is 9.53 Å². The Morgan fingerprint density at radius 2 is 1.73 bits per heavy atom. The minimum atomic E-state index is -0.0990. The molecule has 0 saturated heterocycles. The lowest BCUT2D eigenvalue weighted by molar-refractivity contribution is -0.114. The van der Waals surface area contributed by atoms with Crippen molar-refractivity contribution in [3.8, 4) is 11.5 Å². The molecule has 1 amide bonds. The molecule has 0 fully saturated rings. The van der Waals surface area contributed by atoms with Crippen molar-refractivity contribution in [2.45, 2.75) is 20.8 Å². The van der Waals surface area contributed by atoms with Gasteiger partial charge in [-0.2, -0.15) is 0 Å². The predicted molar refractivity (Wildman–Crippen MR) is 102 cm³/mol. The first-order chi connectivity index (χ1) is 12.5. The molecule has 2 N–H and O–H groups in total. The van der Waals surface area contributed by atoms with E-state index in [1.807, 2.05) is 56.3 Å². The van der Waals surface area contributed by atoms with E-state index in [4.69, 9.17) is 4.74 Å². The number of aryl methyl sites for hydroxylation is 2. The van der Waals surface area contributed by atoms with Gasteiger partial charge in [0.05, 0.1) is 5.69 Å². The lowest BCUT2D eigenvalue weighted by Crippen LogP contribution is -2.05. The number of aromatic nitrogens is 2. The number of ether oxygens (including phenoxy) is 1. The van der Waals surface area contributed by atoms with E-state index in [1.165, 1.54) is 6.92 Å². The van der Waals surface area contributed by atoms with Gasteiger partial charge in [-0.3, -0.25) is 9.78 Å². The molecule has 0 aliphatic carbocycles. The number of hydrogen-bond donors (Lipinski definition) is 2. The number of rotatable bonds is 5. The van der Waals surface area contributed by atoms with Crippen LogP contribution in [0.15, 0.2) is 54.7 Å². The Morgan fingerprint density at radius 1 is 1.00 bits per heavy atom. The molecule has 3 rings (SSSR count). The van der Waals surface area contributed by atoms with E-state index in [0.29, 0.717) is 17.3 Å². The third-order valence-corrected chi connectivity index (χ3v) is 3.61. The lowest BCUT2D eigenvalue weighted by Gasteiger charge is -2.11. The van der Waals surface area contributed by atoms with Gasteiger partial charge >= 0.3 is 0 Å². The SMILES string of the molecule is CC(=O)Nc1ccc(Nc2cc(Oc3ccc(C)nc3C)ccn2)cc1. The second kappa shape index (κ2) is 7.65. The first kappa shape index (κ1) is 17.4. The van der Waals surface area contributed by atoms with Gasteiger partial charge in [-0.05, 0) is 56.3 Å². The Bertz CT molecular complexity index is 923. The van der Waals surface area contributed by atoms with E-state index in [9.17, 15) is 4.79 Å². The summed E-state index contributed by atoms with van der Waals surface area (Å²) in [7, 11) is 0. The molecule has 6 nitrogen and oxygen atoms in total. The molecule has 0 aliphatic heterocycles. The van der Waals surface area contributed by atoms with Crippen LogP contribution in [0.25, 0.3) is 0 Å². The molecule has 2 aromatic heterocycles. The van der Waals surface area contributed by atoms with Crippen LogP contribution in [0.5, 0.6) is 11.5 Å². The second-order valence-corrected chi connectivity index (χ2v) is 5.90. The fourth-order valence-electron chi connectivity index (χ4n) is 2.44. The van der Waals surface area contributed by atoms with Crippen molar-refractivity contribution in [1.82, 2.24) is 9.97 Å². The normalized spacial score (nSPS) is 10.3. The van der Waals surface area contributed by atoms with Crippen molar-refractivity contribution >= 4 is 23.1 Å². The maximum atomic E-state index is 11.1. The van der Waals surface area contributed by atoms with E-state index in [1.54, 1.807) is 12.3 Å². The minimum absolute atomic E-state index is 0.0990. The molecule has 1 aromatic carbocycles. The lowest BCUT2D eigenvalue weighted by atomic mass is 10.2. The summed E-state index contributed by atoms with van der Waals surface area (Å²) in [6.45, 7) is 5.34. The monoisotopic (exact) mass is 348 g/mol. The van der Waals surface area contributed by atoms with Gasteiger partial charge in [0, 0.05) is 36.3 Å². The standard InChI is InChI=1S/C20H20N4O2/c1-13-4-9-19(14(2)22-13)26-18-10-11-21-20(12-18)24-17-7-5-16(6-8-17)23-15(3)25/h4-12H,1-3H3,(H,21,24)(H,23,25). The zero-order valence-electron chi connectivity index (χ0n) is 14.9. The summed E-state index contributed by atoms with van der Waals surface area (Å²) in [5.74, 6) is 1.95. The maximum absolute atomic E-state index is 11.1. The van der Waals surface area contributed by atoms with Gasteiger partial charge < -0.3 is 15.4 Å². The fraction of sp³-hybridized carbons (Fsp3) is 0.150. The Balaban J connectivity index is 1.72. The van der Waals surface area contributed by atoms with E-state index in [-0.39, 0.29) is 5.91 Å². The quantitative estimate of drug-likeness (QED) is 0.705. The topological polar surface area (TPSA) is 76.1 Å². The van der Waals surface area contributed by atoms with Gasteiger partial charge in [-0.25, -0.2) is 4.98 Å². The molecule has 0 radical (unpaired) electrons. The van der Waals surface area contributed by atoms with Crippen molar-refractivity contribution in [3.63, 3.8) is 0 Å². The third-order valence-electron chi connectivity index (χ3n) is 3.61. The van der Waals surface area contributed by atoms with Gasteiger partial charge in [0.2, 0.25) is 5.91 Å². The van der Waals surface area contributed by atoms with Crippen LogP contribution in [-0.2, 0) is 4.79 Å². The zero-order valence-corrected chi connectivity index (χ0v) is 14.9. The van der Waals surface area contributed by atoms with Gasteiger partial charge in [-0.15, -0.1) is 0 Å². The summed E-state index contributed by atoms with van der Waals surface area (Å²) in [6.07, 6.45) is 1.68. The van der Waals surface area contributed by atoms with Crippen LogP contribution in [-0.4, -0.2) is 15.9 Å². The van der Waals surface area contributed by atoms with Crippen LogP contribution in [0.3, 0.4) is 0 Å². The Morgan fingerprint density at radius 3 is 2.42 bits per heavy atom. The van der Waals surface area contributed by atoms with Crippen LogP contribution < -0.4 is 15.4 Å². The van der Waals surface area contributed by atoms with Crippen molar-refractivity contribution in [1.29, 1.82) is 0 Å². The van der Waals surface area contributed by atoms with Crippen LogP contribution in [0.1, 0.15) is 18.3 Å². The van der Waals surface area contributed by atoms with E-state index in [2.05, 4.69) is 20.6 Å². The van der Waals surface area contributed by atoms with Crippen LogP contribution in [0.4, 0.5) is 17.2 Å². The molecular weight excluding hydrogens is 328 g/mol. The number of pyridine rings is 2. The molecule has 0 aliphatic rings. The highest BCUT2D eigenvalue weighted by Crippen LogP contribution is 2.26. The van der Waals surface area contributed by atoms with E-state index < -0.39 is 0 Å². The zero-order chi connectivity index (χ0) is 18.5. The highest BCUT2D eigenvalue weighted by atomic mass is 16.5. The molecule has 2 heterocycles. The van der Waals surface area contributed by atoms with E-state index in [0.717, 1.165) is 22.8 Å². The highest BCUT2D eigenvalue weighted by molar-refractivity contribution is 5.88. The van der Waals surface area contributed by atoms with Gasteiger partial charge in [0.25, 0.3) is 0 Å². The summed E-state index contributed by atoms with van der Waals surface area (Å²) in [5.41, 5.74) is 3.40. The Labute approximate surface area is 152 Å². The average Bonchev–Trinajstić information content (AvgIpc) is 2.59. The largest absolute Gasteiger partial charge is 0.455 e. The highest BCUT2D eigenvalue weighted by Gasteiger charge is 2.05. The number of hydrogen-bond acceptors (Lipinski definition) is 5. The minimum Gasteiger partial charge on any atom is -0.455 e. The first-order valence-corrected chi connectivity index (χ1v) is 8.22. The number of benzene rings is 1. The number of anilines is 3. The van der Waals surface area contributed by atoms with Crippen LogP contribution >= 0.6 is 0 Å². The number of nitrogens with one attached hydrogen (secondary N) is 2. The summed E-state index contributed by atoms with van der Waals surface area (Å²) >= 11 is 0. The van der Waals surface area contributed by atoms with E-state index >= 15 is 0 Å². The number of carbonyl (C=O) groups is 1. The number of amides is 1. The molecular formula is C20H20N4O2. The predicted octanol–water partition coefficient (Wildman–Crippen LogP) is 4.59. The van der Waals surface area contributed by atoms with Gasteiger partial charge in [0.15, 0.2) is 0 Å². The molecule has 3 aromatic rings. The summed E-state index contributed by atoms with van der Waals surface area (Å²) in [4.78, 5) is 19.8. The molecule has 0 bridgehead atoms. The Kier molecular flexibility index (Phi) is 5.12. The Hall–Kier alpha value is -3.41. The molecule has 0 unspecified atom stereocenters. The number of nitrogens with zero attached hydrogens (tertiary/aromatic N) is 2. The smallest absolute Gasteiger partial charge is 0.221 e. The molecule has 6 heteroatoms. The third kappa shape index (κ3) is 4.57. The summed E-state index contributed by atoms with van der Waals surface area (Å²) in [6, 6.07) is 14.8. The molecule has 132 valence electrons. The number of carbonyl (C=O) groups excluding carboxylic acids is 1. The maximum Gasteiger partial charge on any atom is 0.221 e. The van der Waals surface area contributed by atoms with Crippen molar-refractivity contribution in [2.24, 2.45) is 0 Å². The molecule has 0 saturated carbocycles. The average molecular weight is 348 g/mol. The first-order valence-electron chi connectivity index (χ1n) is 8.22. The fourth-order valence-corrected chi connectivity index (χ4v) is 2.44. The van der Waals surface area contributed by atoms with Crippen LogP contribution in [0.2, 0.25) is 0 Å². The van der Waals surface area contributed by atoms with Gasteiger partial charge in [0.1, 0.15) is 17.3 Å².